The molecule has 28 heavy (non-hydrogen) atoms. The van der Waals surface area contributed by atoms with Crippen LogP contribution in [0.5, 0.6) is 5.75 Å². The van der Waals surface area contributed by atoms with Crippen molar-refractivity contribution in [3.63, 3.8) is 0 Å². The fourth-order valence-electron chi connectivity index (χ4n) is 4.02. The molecule has 0 saturated carbocycles. The Morgan fingerprint density at radius 2 is 1.96 bits per heavy atom. The van der Waals surface area contributed by atoms with Gasteiger partial charge in [-0.2, -0.15) is 0 Å². The topological polar surface area (TPSA) is 47.6 Å². The number of ether oxygens (including phenoxy) is 2. The highest BCUT2D eigenvalue weighted by molar-refractivity contribution is 5.98. The van der Waals surface area contributed by atoms with E-state index in [0.29, 0.717) is 43.1 Å². The minimum Gasteiger partial charge on any atom is -0.492 e. The molecular formula is C23H26FNO3. The third-order valence-corrected chi connectivity index (χ3v) is 5.80. The van der Waals surface area contributed by atoms with Crippen LogP contribution in [0.1, 0.15) is 51.0 Å². The van der Waals surface area contributed by atoms with E-state index in [9.17, 15) is 9.18 Å². The summed E-state index contributed by atoms with van der Waals surface area (Å²) in [5, 5.41) is 3.13. The standard InChI is InChI=1S/C23H26FNO3/c1-14-3-4-16(12-21(14)24)11-17-13-20(22-19(15(17)2)7-10-28-22)23(26)25-18-5-8-27-9-6-18/h3-4,12-13,18H,5-11H2,1-2H3,(H,25,26). The first-order chi connectivity index (χ1) is 13.5. The van der Waals surface area contributed by atoms with E-state index < -0.39 is 0 Å². The maximum Gasteiger partial charge on any atom is 0.255 e. The molecule has 1 N–H and O–H groups in total. The molecule has 2 aliphatic rings. The van der Waals surface area contributed by atoms with Crippen LogP contribution in [0.15, 0.2) is 24.3 Å². The van der Waals surface area contributed by atoms with Crippen LogP contribution in [0.4, 0.5) is 4.39 Å². The molecule has 2 aliphatic heterocycles. The fourth-order valence-corrected chi connectivity index (χ4v) is 4.02. The normalized spacial score (nSPS) is 16.5. The van der Waals surface area contributed by atoms with Crippen molar-refractivity contribution in [2.45, 2.75) is 45.6 Å². The summed E-state index contributed by atoms with van der Waals surface area (Å²) in [4.78, 5) is 13.0. The smallest absolute Gasteiger partial charge is 0.255 e. The molecule has 0 aliphatic carbocycles. The number of carbonyl (C=O) groups is 1. The van der Waals surface area contributed by atoms with E-state index in [1.165, 1.54) is 0 Å². The van der Waals surface area contributed by atoms with Gasteiger partial charge in [-0.05, 0) is 67.5 Å². The van der Waals surface area contributed by atoms with Crippen LogP contribution in [-0.4, -0.2) is 31.8 Å². The van der Waals surface area contributed by atoms with Gasteiger partial charge < -0.3 is 14.8 Å². The lowest BCUT2D eigenvalue weighted by molar-refractivity contribution is 0.0695. The summed E-state index contributed by atoms with van der Waals surface area (Å²) in [5.74, 6) is 0.416. The lowest BCUT2D eigenvalue weighted by Crippen LogP contribution is -2.39. The van der Waals surface area contributed by atoms with E-state index in [1.54, 1.807) is 19.1 Å². The summed E-state index contributed by atoms with van der Waals surface area (Å²) < 4.78 is 25.2. The van der Waals surface area contributed by atoms with Gasteiger partial charge in [0.05, 0.1) is 12.2 Å². The predicted molar refractivity (Wildman–Crippen MR) is 106 cm³/mol. The second-order valence-corrected chi connectivity index (χ2v) is 7.73. The molecule has 2 aromatic carbocycles. The highest BCUT2D eigenvalue weighted by Crippen LogP contribution is 2.35. The number of nitrogens with one attached hydrogen (secondary N) is 1. The summed E-state index contributed by atoms with van der Waals surface area (Å²) in [7, 11) is 0. The van der Waals surface area contributed by atoms with Gasteiger partial charge in [-0.15, -0.1) is 0 Å². The lowest BCUT2D eigenvalue weighted by Gasteiger charge is -2.24. The molecule has 0 bridgehead atoms. The molecule has 2 heterocycles. The zero-order valence-electron chi connectivity index (χ0n) is 16.4. The van der Waals surface area contributed by atoms with E-state index in [-0.39, 0.29) is 17.8 Å². The monoisotopic (exact) mass is 383 g/mol. The third-order valence-electron chi connectivity index (χ3n) is 5.80. The molecule has 5 heteroatoms. The Balaban J connectivity index is 1.64. The van der Waals surface area contributed by atoms with Gasteiger partial charge in [0.25, 0.3) is 5.91 Å². The first-order valence-electron chi connectivity index (χ1n) is 9.94. The van der Waals surface area contributed by atoms with Gasteiger partial charge in [-0.3, -0.25) is 4.79 Å². The van der Waals surface area contributed by atoms with Crippen LogP contribution in [-0.2, 0) is 17.6 Å². The Hall–Kier alpha value is -2.40. The van der Waals surface area contributed by atoms with Gasteiger partial charge in [0.1, 0.15) is 11.6 Å². The molecular weight excluding hydrogens is 357 g/mol. The third kappa shape index (κ3) is 3.76. The van der Waals surface area contributed by atoms with Crippen LogP contribution in [0.2, 0.25) is 0 Å². The van der Waals surface area contributed by atoms with Crippen molar-refractivity contribution in [1.29, 1.82) is 0 Å². The van der Waals surface area contributed by atoms with E-state index in [4.69, 9.17) is 9.47 Å². The maximum atomic E-state index is 14.0. The average Bonchev–Trinajstić information content (AvgIpc) is 3.18. The fraction of sp³-hybridized carbons (Fsp3) is 0.435. The molecule has 4 rings (SSSR count). The number of hydrogen-bond acceptors (Lipinski definition) is 3. The van der Waals surface area contributed by atoms with Gasteiger partial charge in [0, 0.05) is 31.2 Å². The van der Waals surface area contributed by atoms with Crippen LogP contribution >= 0.6 is 0 Å². The molecule has 4 nitrogen and oxygen atoms in total. The quantitative estimate of drug-likeness (QED) is 0.872. The number of rotatable bonds is 4. The van der Waals surface area contributed by atoms with E-state index in [1.807, 2.05) is 12.1 Å². The van der Waals surface area contributed by atoms with Crippen LogP contribution in [0.3, 0.4) is 0 Å². The van der Waals surface area contributed by atoms with Crippen molar-refractivity contribution in [2.75, 3.05) is 19.8 Å². The molecule has 1 saturated heterocycles. The number of benzene rings is 2. The van der Waals surface area contributed by atoms with Crippen LogP contribution in [0, 0.1) is 19.7 Å². The maximum absolute atomic E-state index is 14.0. The average molecular weight is 383 g/mol. The zero-order chi connectivity index (χ0) is 19.7. The number of amides is 1. The summed E-state index contributed by atoms with van der Waals surface area (Å²) >= 11 is 0. The van der Waals surface area contributed by atoms with Crippen molar-refractivity contribution >= 4 is 5.91 Å². The van der Waals surface area contributed by atoms with Crippen molar-refractivity contribution < 1.29 is 18.7 Å². The number of fused-ring (bicyclic) bond motifs is 1. The minimum absolute atomic E-state index is 0.0959. The number of halogens is 1. The summed E-state index contributed by atoms with van der Waals surface area (Å²) in [6.07, 6.45) is 3.05. The number of hydrogen-bond donors (Lipinski definition) is 1. The highest BCUT2D eigenvalue weighted by atomic mass is 19.1. The Morgan fingerprint density at radius 3 is 2.71 bits per heavy atom. The van der Waals surface area contributed by atoms with E-state index >= 15 is 0 Å². The Labute approximate surface area is 165 Å². The van der Waals surface area contributed by atoms with Crippen LogP contribution in [0.25, 0.3) is 0 Å². The molecule has 0 unspecified atom stereocenters. The van der Waals surface area contributed by atoms with Crippen LogP contribution < -0.4 is 10.1 Å². The van der Waals surface area contributed by atoms with E-state index in [2.05, 4.69) is 12.2 Å². The van der Waals surface area contributed by atoms with Gasteiger partial charge in [-0.1, -0.05) is 12.1 Å². The summed E-state index contributed by atoms with van der Waals surface area (Å²) in [6, 6.07) is 7.39. The Bertz CT molecular complexity index is 903. The Kier molecular flexibility index (Phi) is 5.36. The predicted octanol–water partition coefficient (Wildman–Crippen LogP) is 3.88. The summed E-state index contributed by atoms with van der Waals surface area (Å²) in [6.45, 7) is 5.77. The zero-order valence-corrected chi connectivity index (χ0v) is 16.4. The second-order valence-electron chi connectivity index (χ2n) is 7.73. The van der Waals surface area contributed by atoms with Gasteiger partial charge in [-0.25, -0.2) is 4.39 Å². The SMILES string of the molecule is Cc1ccc(Cc2cc(C(=O)NC3CCOCC3)c3c(c2C)CCO3)cc1F. The molecule has 0 atom stereocenters. The molecule has 1 amide bonds. The molecule has 0 spiro atoms. The van der Waals surface area contributed by atoms with Gasteiger partial charge >= 0.3 is 0 Å². The summed E-state index contributed by atoms with van der Waals surface area (Å²) in [5.41, 5.74) is 5.41. The number of carbonyl (C=O) groups excluding carboxylic acids is 1. The molecule has 0 radical (unpaired) electrons. The van der Waals surface area contributed by atoms with Crippen molar-refractivity contribution in [2.24, 2.45) is 0 Å². The van der Waals surface area contributed by atoms with E-state index in [0.717, 1.165) is 41.5 Å². The molecule has 148 valence electrons. The molecule has 1 fully saturated rings. The highest BCUT2D eigenvalue weighted by Gasteiger charge is 2.26. The van der Waals surface area contributed by atoms with Crippen molar-refractivity contribution in [3.05, 3.63) is 63.5 Å². The minimum atomic E-state index is -0.197. The van der Waals surface area contributed by atoms with Gasteiger partial charge in [0.2, 0.25) is 0 Å². The van der Waals surface area contributed by atoms with Gasteiger partial charge in [0.15, 0.2) is 0 Å². The molecule has 0 aromatic heterocycles. The lowest BCUT2D eigenvalue weighted by atomic mass is 9.92. The van der Waals surface area contributed by atoms with Crippen molar-refractivity contribution in [3.8, 4) is 5.75 Å². The Morgan fingerprint density at radius 1 is 1.18 bits per heavy atom. The number of aryl methyl sites for hydroxylation is 1. The molecule has 2 aromatic rings. The van der Waals surface area contributed by atoms with Crippen molar-refractivity contribution in [1.82, 2.24) is 5.32 Å². The largest absolute Gasteiger partial charge is 0.492 e. The first kappa shape index (κ1) is 18.9. The second kappa shape index (κ2) is 7.92. The first-order valence-corrected chi connectivity index (χ1v) is 9.94.